The number of nitrogens with two attached hydrogens (primary N) is 1. The van der Waals surface area contributed by atoms with Crippen molar-refractivity contribution in [3.05, 3.63) is 54.4 Å². The van der Waals surface area contributed by atoms with Gasteiger partial charge < -0.3 is 15.8 Å². The maximum atomic E-state index is 11.7. The van der Waals surface area contributed by atoms with Gasteiger partial charge in [0.15, 0.2) is 0 Å². The third kappa shape index (κ3) is 3.99. The molecular weight excluding hydrogens is 242 g/mol. The predicted molar refractivity (Wildman–Crippen MR) is 72.9 cm³/mol. The average molecular weight is 257 g/mol. The second kappa shape index (κ2) is 6.39. The average Bonchev–Trinajstić information content (AvgIpc) is 2.46. The minimum Gasteiger partial charge on any atom is -0.492 e. The highest BCUT2D eigenvalue weighted by Crippen LogP contribution is 2.12. The van der Waals surface area contributed by atoms with Gasteiger partial charge in [-0.2, -0.15) is 0 Å². The van der Waals surface area contributed by atoms with Crippen molar-refractivity contribution in [2.75, 3.05) is 18.9 Å². The molecule has 2 rings (SSSR count). The number of nitrogens with zero attached hydrogens (tertiary/aromatic N) is 1. The van der Waals surface area contributed by atoms with Crippen LogP contribution >= 0.6 is 0 Å². The van der Waals surface area contributed by atoms with E-state index in [-0.39, 0.29) is 5.91 Å². The van der Waals surface area contributed by atoms with Crippen LogP contribution in [0.1, 0.15) is 10.5 Å². The monoisotopic (exact) mass is 257 g/mol. The molecule has 5 nitrogen and oxygen atoms in total. The van der Waals surface area contributed by atoms with Crippen molar-refractivity contribution in [1.82, 2.24) is 10.3 Å². The Bertz CT molecular complexity index is 526. The summed E-state index contributed by atoms with van der Waals surface area (Å²) in [5, 5.41) is 2.73. The number of aromatic nitrogens is 1. The molecule has 0 saturated carbocycles. The lowest BCUT2D eigenvalue weighted by atomic mass is 10.3. The van der Waals surface area contributed by atoms with Crippen LogP contribution in [0.15, 0.2) is 48.7 Å². The molecule has 1 amide bonds. The van der Waals surface area contributed by atoms with E-state index in [1.54, 1.807) is 48.7 Å². The number of nitrogens with one attached hydrogen (secondary N) is 1. The van der Waals surface area contributed by atoms with Crippen molar-refractivity contribution >= 4 is 11.6 Å². The maximum absolute atomic E-state index is 11.7. The third-order valence-electron chi connectivity index (χ3n) is 2.43. The molecule has 1 heterocycles. The summed E-state index contributed by atoms with van der Waals surface area (Å²) in [6.45, 7) is 0.808. The SMILES string of the molecule is Nc1ccc(OCCNC(=O)c2ccccn2)cc1. The lowest BCUT2D eigenvalue weighted by molar-refractivity contribution is 0.0942. The first kappa shape index (κ1) is 12.9. The first-order chi connectivity index (χ1) is 9.25. The summed E-state index contributed by atoms with van der Waals surface area (Å²) in [5.41, 5.74) is 6.65. The highest BCUT2D eigenvalue weighted by molar-refractivity contribution is 5.92. The van der Waals surface area contributed by atoms with Crippen LogP contribution in [0, 0.1) is 0 Å². The maximum Gasteiger partial charge on any atom is 0.269 e. The molecule has 98 valence electrons. The number of carbonyl (C=O) groups is 1. The van der Waals surface area contributed by atoms with E-state index >= 15 is 0 Å². The zero-order chi connectivity index (χ0) is 13.5. The molecule has 2 aromatic rings. The largest absolute Gasteiger partial charge is 0.492 e. The highest BCUT2D eigenvalue weighted by atomic mass is 16.5. The van der Waals surface area contributed by atoms with Crippen LogP contribution < -0.4 is 15.8 Å². The molecule has 0 aliphatic heterocycles. The lowest BCUT2D eigenvalue weighted by Crippen LogP contribution is -2.28. The molecule has 0 aliphatic rings. The summed E-state index contributed by atoms with van der Waals surface area (Å²) in [4.78, 5) is 15.6. The second-order valence-corrected chi connectivity index (χ2v) is 3.89. The Hall–Kier alpha value is -2.56. The number of nitrogen functional groups attached to an aromatic ring is 1. The number of hydrogen-bond donors (Lipinski definition) is 2. The summed E-state index contributed by atoms with van der Waals surface area (Å²) < 4.78 is 5.46. The molecule has 0 unspecified atom stereocenters. The first-order valence-corrected chi connectivity index (χ1v) is 5.93. The van der Waals surface area contributed by atoms with Crippen molar-refractivity contribution in [2.45, 2.75) is 0 Å². The Balaban J connectivity index is 1.72. The minimum absolute atomic E-state index is 0.207. The van der Waals surface area contributed by atoms with Gasteiger partial charge in [-0.15, -0.1) is 0 Å². The van der Waals surface area contributed by atoms with E-state index in [1.165, 1.54) is 0 Å². The Labute approximate surface area is 111 Å². The molecule has 0 spiro atoms. The van der Waals surface area contributed by atoms with Gasteiger partial charge in [0.1, 0.15) is 18.1 Å². The van der Waals surface area contributed by atoms with Crippen molar-refractivity contribution in [3.63, 3.8) is 0 Å². The molecule has 0 bridgehead atoms. The summed E-state index contributed by atoms with van der Waals surface area (Å²) in [6.07, 6.45) is 1.58. The molecule has 1 aromatic heterocycles. The molecule has 0 saturated heterocycles. The van der Waals surface area contributed by atoms with Gasteiger partial charge in [-0.25, -0.2) is 0 Å². The van der Waals surface area contributed by atoms with Crippen molar-refractivity contribution < 1.29 is 9.53 Å². The van der Waals surface area contributed by atoms with Crippen molar-refractivity contribution in [1.29, 1.82) is 0 Å². The van der Waals surface area contributed by atoms with Crippen LogP contribution in [0.4, 0.5) is 5.69 Å². The molecule has 0 fully saturated rings. The number of rotatable bonds is 5. The number of ether oxygens (including phenoxy) is 1. The van der Waals surface area contributed by atoms with Gasteiger partial charge in [-0.1, -0.05) is 6.07 Å². The Morgan fingerprint density at radius 1 is 1.21 bits per heavy atom. The smallest absolute Gasteiger partial charge is 0.269 e. The van der Waals surface area contributed by atoms with Gasteiger partial charge in [0, 0.05) is 11.9 Å². The standard InChI is InChI=1S/C14H15N3O2/c15-11-4-6-12(7-5-11)19-10-9-17-14(18)13-3-1-2-8-16-13/h1-8H,9-10,15H2,(H,17,18). The van der Waals surface area contributed by atoms with E-state index in [9.17, 15) is 4.79 Å². The molecular formula is C14H15N3O2. The quantitative estimate of drug-likeness (QED) is 0.628. The summed E-state index contributed by atoms with van der Waals surface area (Å²) in [5.74, 6) is 0.516. The van der Waals surface area contributed by atoms with E-state index < -0.39 is 0 Å². The van der Waals surface area contributed by atoms with Crippen LogP contribution in [0.25, 0.3) is 0 Å². The molecule has 3 N–H and O–H groups in total. The minimum atomic E-state index is -0.207. The number of hydrogen-bond acceptors (Lipinski definition) is 4. The number of anilines is 1. The predicted octanol–water partition coefficient (Wildman–Crippen LogP) is 1.47. The van der Waals surface area contributed by atoms with E-state index in [0.29, 0.717) is 24.5 Å². The van der Waals surface area contributed by atoms with Crippen LogP contribution in [0.2, 0.25) is 0 Å². The number of amides is 1. The van der Waals surface area contributed by atoms with Gasteiger partial charge in [0.05, 0.1) is 6.54 Å². The lowest BCUT2D eigenvalue weighted by Gasteiger charge is -2.07. The van der Waals surface area contributed by atoms with Crippen LogP contribution in [0.5, 0.6) is 5.75 Å². The van der Waals surface area contributed by atoms with E-state index in [0.717, 1.165) is 5.75 Å². The summed E-state index contributed by atoms with van der Waals surface area (Å²) in [7, 11) is 0. The zero-order valence-electron chi connectivity index (χ0n) is 10.4. The topological polar surface area (TPSA) is 77.2 Å². The third-order valence-corrected chi connectivity index (χ3v) is 2.43. The first-order valence-electron chi connectivity index (χ1n) is 5.93. The molecule has 0 radical (unpaired) electrons. The van der Waals surface area contributed by atoms with Gasteiger partial charge in [-0.3, -0.25) is 9.78 Å². The summed E-state index contributed by atoms with van der Waals surface area (Å²) >= 11 is 0. The van der Waals surface area contributed by atoms with E-state index in [1.807, 2.05) is 0 Å². The molecule has 0 atom stereocenters. The fourth-order valence-corrected chi connectivity index (χ4v) is 1.49. The summed E-state index contributed by atoms with van der Waals surface area (Å²) in [6, 6.07) is 12.3. The molecule has 0 aliphatic carbocycles. The zero-order valence-corrected chi connectivity index (χ0v) is 10.4. The molecule has 5 heteroatoms. The van der Waals surface area contributed by atoms with Crippen LogP contribution in [-0.4, -0.2) is 24.0 Å². The highest BCUT2D eigenvalue weighted by Gasteiger charge is 2.04. The number of benzene rings is 1. The Morgan fingerprint density at radius 2 is 2.00 bits per heavy atom. The van der Waals surface area contributed by atoms with Crippen molar-refractivity contribution in [2.24, 2.45) is 0 Å². The van der Waals surface area contributed by atoms with Crippen LogP contribution in [0.3, 0.4) is 0 Å². The Morgan fingerprint density at radius 3 is 2.68 bits per heavy atom. The second-order valence-electron chi connectivity index (χ2n) is 3.89. The van der Waals surface area contributed by atoms with Gasteiger partial charge in [0.2, 0.25) is 0 Å². The van der Waals surface area contributed by atoms with Gasteiger partial charge in [-0.05, 0) is 36.4 Å². The Kier molecular flexibility index (Phi) is 4.34. The van der Waals surface area contributed by atoms with Crippen molar-refractivity contribution in [3.8, 4) is 5.75 Å². The van der Waals surface area contributed by atoms with E-state index in [4.69, 9.17) is 10.5 Å². The fourth-order valence-electron chi connectivity index (χ4n) is 1.49. The van der Waals surface area contributed by atoms with Gasteiger partial charge in [0.25, 0.3) is 5.91 Å². The van der Waals surface area contributed by atoms with Gasteiger partial charge >= 0.3 is 0 Å². The molecule has 19 heavy (non-hydrogen) atoms. The number of carbonyl (C=O) groups excluding carboxylic acids is 1. The molecule has 1 aromatic carbocycles. The van der Waals surface area contributed by atoms with Crippen LogP contribution in [-0.2, 0) is 0 Å². The normalized spacial score (nSPS) is 9.89. The van der Waals surface area contributed by atoms with E-state index in [2.05, 4.69) is 10.3 Å². The number of pyridine rings is 1. The fraction of sp³-hybridized carbons (Fsp3) is 0.143.